The van der Waals surface area contributed by atoms with E-state index in [1.165, 1.54) is 12.0 Å². The highest BCUT2D eigenvalue weighted by Crippen LogP contribution is 2.11. The zero-order valence-corrected chi connectivity index (χ0v) is 8.59. The molecule has 0 saturated heterocycles. The summed E-state index contributed by atoms with van der Waals surface area (Å²) in [5.74, 6) is 0. The summed E-state index contributed by atoms with van der Waals surface area (Å²) in [6, 6.07) is 10.5. The van der Waals surface area contributed by atoms with E-state index in [9.17, 15) is 0 Å². The molecule has 0 saturated carbocycles. The standard InChI is InChI=1S/C12H16N2/c1-2-5-11-6-3-7-12(10-11)14-9-4-8-13/h3,6-7,10,14H,2,4-5,9H2,1H3. The lowest BCUT2D eigenvalue weighted by molar-refractivity contribution is 0.921. The van der Waals surface area contributed by atoms with Crippen LogP contribution < -0.4 is 5.32 Å². The fourth-order valence-corrected chi connectivity index (χ4v) is 1.39. The normalized spacial score (nSPS) is 9.43. The van der Waals surface area contributed by atoms with Crippen LogP contribution in [0.5, 0.6) is 0 Å². The smallest absolute Gasteiger partial charge is 0.0640 e. The molecule has 0 aromatic heterocycles. The molecule has 0 aliphatic carbocycles. The fourth-order valence-electron chi connectivity index (χ4n) is 1.39. The Hall–Kier alpha value is -1.49. The van der Waals surface area contributed by atoms with E-state index in [1.54, 1.807) is 0 Å². The van der Waals surface area contributed by atoms with Crippen molar-refractivity contribution in [2.45, 2.75) is 26.2 Å². The Balaban J connectivity index is 2.51. The quantitative estimate of drug-likeness (QED) is 0.721. The van der Waals surface area contributed by atoms with Gasteiger partial charge in [-0.25, -0.2) is 0 Å². The Morgan fingerprint density at radius 2 is 2.29 bits per heavy atom. The summed E-state index contributed by atoms with van der Waals surface area (Å²) in [6.07, 6.45) is 2.84. The van der Waals surface area contributed by atoms with Gasteiger partial charge >= 0.3 is 0 Å². The highest BCUT2D eigenvalue weighted by molar-refractivity contribution is 5.45. The number of aryl methyl sites for hydroxylation is 1. The second kappa shape index (κ2) is 6.04. The van der Waals surface area contributed by atoms with Crippen LogP contribution in [-0.2, 0) is 6.42 Å². The maximum Gasteiger partial charge on any atom is 0.0640 e. The van der Waals surface area contributed by atoms with E-state index in [2.05, 4.69) is 36.5 Å². The number of hydrogen-bond acceptors (Lipinski definition) is 2. The van der Waals surface area contributed by atoms with Crippen molar-refractivity contribution >= 4 is 5.69 Å². The molecule has 1 aromatic carbocycles. The number of benzene rings is 1. The molecule has 0 radical (unpaired) electrons. The lowest BCUT2D eigenvalue weighted by Crippen LogP contribution is -2.00. The van der Waals surface area contributed by atoms with Gasteiger partial charge < -0.3 is 5.32 Å². The summed E-state index contributed by atoms with van der Waals surface area (Å²) in [5, 5.41) is 11.6. The van der Waals surface area contributed by atoms with Crippen molar-refractivity contribution in [3.63, 3.8) is 0 Å². The van der Waals surface area contributed by atoms with Crippen LogP contribution in [0.1, 0.15) is 25.3 Å². The van der Waals surface area contributed by atoms with E-state index in [4.69, 9.17) is 5.26 Å². The van der Waals surface area contributed by atoms with Gasteiger partial charge in [-0.3, -0.25) is 0 Å². The van der Waals surface area contributed by atoms with E-state index in [-0.39, 0.29) is 0 Å². The van der Waals surface area contributed by atoms with Gasteiger partial charge in [0.15, 0.2) is 0 Å². The molecule has 2 nitrogen and oxygen atoms in total. The van der Waals surface area contributed by atoms with Gasteiger partial charge in [-0.15, -0.1) is 0 Å². The van der Waals surface area contributed by atoms with Crippen molar-refractivity contribution in [3.05, 3.63) is 29.8 Å². The number of rotatable bonds is 5. The van der Waals surface area contributed by atoms with Crippen LogP contribution in [0.15, 0.2) is 24.3 Å². The Kier molecular flexibility index (Phi) is 4.57. The first-order chi connectivity index (χ1) is 6.86. The molecule has 1 rings (SSSR count). The van der Waals surface area contributed by atoms with Crippen LogP contribution in [0.4, 0.5) is 5.69 Å². The van der Waals surface area contributed by atoms with Gasteiger partial charge in [-0.1, -0.05) is 25.5 Å². The van der Waals surface area contributed by atoms with Crippen molar-refractivity contribution in [2.75, 3.05) is 11.9 Å². The third-order valence-corrected chi connectivity index (χ3v) is 2.03. The number of hydrogen-bond donors (Lipinski definition) is 1. The van der Waals surface area contributed by atoms with Crippen LogP contribution in [0.25, 0.3) is 0 Å². The largest absolute Gasteiger partial charge is 0.384 e. The van der Waals surface area contributed by atoms with Gasteiger partial charge in [0.2, 0.25) is 0 Å². The molecule has 2 heteroatoms. The van der Waals surface area contributed by atoms with E-state index < -0.39 is 0 Å². The topological polar surface area (TPSA) is 35.8 Å². The summed E-state index contributed by atoms with van der Waals surface area (Å²) < 4.78 is 0. The van der Waals surface area contributed by atoms with Gasteiger partial charge in [0, 0.05) is 12.2 Å². The fraction of sp³-hybridized carbons (Fsp3) is 0.417. The van der Waals surface area contributed by atoms with E-state index in [0.717, 1.165) is 18.7 Å². The summed E-state index contributed by atoms with van der Waals surface area (Å²) in [4.78, 5) is 0. The van der Waals surface area contributed by atoms with Crippen molar-refractivity contribution in [3.8, 4) is 6.07 Å². The molecule has 14 heavy (non-hydrogen) atoms. The molecule has 0 heterocycles. The number of anilines is 1. The van der Waals surface area contributed by atoms with Gasteiger partial charge in [0.05, 0.1) is 12.5 Å². The molecule has 0 aliphatic rings. The van der Waals surface area contributed by atoms with Crippen molar-refractivity contribution in [1.29, 1.82) is 5.26 Å². The Morgan fingerprint density at radius 3 is 3.00 bits per heavy atom. The molecule has 0 bridgehead atoms. The zero-order valence-electron chi connectivity index (χ0n) is 8.59. The van der Waals surface area contributed by atoms with Crippen molar-refractivity contribution < 1.29 is 0 Å². The molecular weight excluding hydrogens is 172 g/mol. The first-order valence-electron chi connectivity index (χ1n) is 5.06. The minimum absolute atomic E-state index is 0.554. The van der Waals surface area contributed by atoms with Gasteiger partial charge in [0.1, 0.15) is 0 Å². The second-order valence-corrected chi connectivity index (χ2v) is 3.29. The molecule has 0 fully saturated rings. The molecule has 0 unspecified atom stereocenters. The van der Waals surface area contributed by atoms with Crippen LogP contribution in [-0.4, -0.2) is 6.54 Å². The van der Waals surface area contributed by atoms with Crippen LogP contribution in [0.2, 0.25) is 0 Å². The highest BCUT2D eigenvalue weighted by Gasteiger charge is 1.94. The Bertz CT molecular complexity index is 312. The minimum Gasteiger partial charge on any atom is -0.384 e. The summed E-state index contributed by atoms with van der Waals surface area (Å²) in [5.41, 5.74) is 2.47. The lowest BCUT2D eigenvalue weighted by Gasteiger charge is -2.05. The third kappa shape index (κ3) is 3.49. The number of nitrogens with zero attached hydrogens (tertiary/aromatic N) is 1. The minimum atomic E-state index is 0.554. The lowest BCUT2D eigenvalue weighted by atomic mass is 10.1. The average Bonchev–Trinajstić information content (AvgIpc) is 2.19. The molecule has 0 atom stereocenters. The van der Waals surface area contributed by atoms with Crippen molar-refractivity contribution in [1.82, 2.24) is 0 Å². The molecule has 1 aromatic rings. The maximum atomic E-state index is 8.39. The Labute approximate surface area is 85.6 Å². The Morgan fingerprint density at radius 1 is 1.43 bits per heavy atom. The first kappa shape index (κ1) is 10.6. The number of nitrogens with one attached hydrogen (secondary N) is 1. The molecule has 74 valence electrons. The molecule has 0 spiro atoms. The van der Waals surface area contributed by atoms with E-state index >= 15 is 0 Å². The van der Waals surface area contributed by atoms with Crippen molar-refractivity contribution in [2.24, 2.45) is 0 Å². The predicted octanol–water partition coefficient (Wildman–Crippen LogP) is 2.96. The van der Waals surface area contributed by atoms with E-state index in [1.807, 2.05) is 6.07 Å². The van der Waals surface area contributed by atoms with Gasteiger partial charge in [-0.05, 0) is 24.1 Å². The predicted molar refractivity (Wildman–Crippen MR) is 59.2 cm³/mol. The highest BCUT2D eigenvalue weighted by atomic mass is 14.9. The molecular formula is C12H16N2. The molecule has 0 aliphatic heterocycles. The SMILES string of the molecule is CCCc1cccc(NCCC#N)c1. The van der Waals surface area contributed by atoms with Crippen LogP contribution in [0, 0.1) is 11.3 Å². The molecule has 1 N–H and O–H groups in total. The third-order valence-electron chi connectivity index (χ3n) is 2.03. The monoisotopic (exact) mass is 188 g/mol. The summed E-state index contributed by atoms with van der Waals surface area (Å²) in [6.45, 7) is 2.90. The number of nitriles is 1. The zero-order chi connectivity index (χ0) is 10.2. The summed E-state index contributed by atoms with van der Waals surface area (Å²) >= 11 is 0. The summed E-state index contributed by atoms with van der Waals surface area (Å²) in [7, 11) is 0. The molecule has 0 amide bonds. The second-order valence-electron chi connectivity index (χ2n) is 3.29. The van der Waals surface area contributed by atoms with Crippen LogP contribution >= 0.6 is 0 Å². The van der Waals surface area contributed by atoms with Gasteiger partial charge in [-0.2, -0.15) is 5.26 Å². The first-order valence-corrected chi connectivity index (χ1v) is 5.06. The maximum absolute atomic E-state index is 8.39. The average molecular weight is 188 g/mol. The van der Waals surface area contributed by atoms with Gasteiger partial charge in [0.25, 0.3) is 0 Å². The van der Waals surface area contributed by atoms with Crippen LogP contribution in [0.3, 0.4) is 0 Å². The van der Waals surface area contributed by atoms with E-state index in [0.29, 0.717) is 6.42 Å².